The highest BCUT2D eigenvalue weighted by atomic mass is 16.6. The van der Waals surface area contributed by atoms with Crippen LogP contribution >= 0.6 is 0 Å². The maximum absolute atomic E-state index is 13.8. The molecule has 6 nitrogen and oxygen atoms in total. The number of ketones is 2. The SMILES string of the molecule is CCC(=O)O[C@]1(C(=O)COC(C)=O)[C@@H](C)C[C@H]2[C@@H]3C[C@H](C)C4=CC(=O)C=C[C@]4(C)[C@H]3[C@@H](C)C[C@@]21C. The topological polar surface area (TPSA) is 86.7 Å². The van der Waals surface area contributed by atoms with Gasteiger partial charge in [0.25, 0.3) is 0 Å². The molecule has 0 bridgehead atoms. The largest absolute Gasteiger partial charge is 0.458 e. The minimum absolute atomic E-state index is 0.0622. The van der Waals surface area contributed by atoms with E-state index in [1.165, 1.54) is 12.5 Å². The third kappa shape index (κ3) is 3.65. The first-order valence-electron chi connectivity index (χ1n) is 13.2. The highest BCUT2D eigenvalue weighted by Crippen LogP contribution is 2.71. The second-order valence-corrected chi connectivity index (χ2v) is 12.1. The molecule has 0 amide bonds. The van der Waals surface area contributed by atoms with E-state index < -0.39 is 23.0 Å². The summed E-state index contributed by atoms with van der Waals surface area (Å²) in [5, 5.41) is 0. The molecule has 0 unspecified atom stereocenters. The quantitative estimate of drug-likeness (QED) is 0.518. The first-order valence-corrected chi connectivity index (χ1v) is 13.2. The van der Waals surface area contributed by atoms with E-state index in [4.69, 9.17) is 9.47 Å². The summed E-state index contributed by atoms with van der Waals surface area (Å²) in [4.78, 5) is 50.4. The van der Waals surface area contributed by atoms with E-state index in [-0.39, 0.29) is 53.7 Å². The average molecular weight is 485 g/mol. The summed E-state index contributed by atoms with van der Waals surface area (Å²) < 4.78 is 11.3. The summed E-state index contributed by atoms with van der Waals surface area (Å²) in [6.07, 6.45) is 8.30. The van der Waals surface area contributed by atoms with Gasteiger partial charge in [-0.2, -0.15) is 0 Å². The predicted molar refractivity (Wildman–Crippen MR) is 131 cm³/mol. The van der Waals surface area contributed by atoms with Gasteiger partial charge in [0.05, 0.1) is 0 Å². The van der Waals surface area contributed by atoms with Gasteiger partial charge in [0.1, 0.15) is 0 Å². The third-order valence-corrected chi connectivity index (χ3v) is 10.1. The zero-order valence-corrected chi connectivity index (χ0v) is 22.2. The van der Waals surface area contributed by atoms with Crippen LogP contribution in [0.2, 0.25) is 0 Å². The number of carbonyl (C=O) groups excluding carboxylic acids is 4. The lowest BCUT2D eigenvalue weighted by atomic mass is 9.43. The number of fused-ring (bicyclic) bond motifs is 5. The Morgan fingerprint density at radius 1 is 1.11 bits per heavy atom. The molecule has 4 aliphatic rings. The van der Waals surface area contributed by atoms with Crippen molar-refractivity contribution in [3.05, 3.63) is 23.8 Å². The Hall–Kier alpha value is -2.24. The molecule has 0 aromatic rings. The molecule has 0 saturated heterocycles. The number of esters is 2. The standard InChI is InChI=1S/C29H40O6/c1-8-25(33)35-29(24(32)15-34-19(5)30)18(4)12-23-21-11-16(2)22-13-20(31)9-10-27(22,6)26(21)17(3)14-28(23,29)7/h9-10,13,16-18,21,23,26H,8,11-12,14-15H2,1-7H3/t16-,17-,18-,21-,23-,26-,27-,28-,29-/m0/s1. The molecule has 192 valence electrons. The van der Waals surface area contributed by atoms with Crippen molar-refractivity contribution in [2.45, 2.75) is 79.8 Å². The Bertz CT molecular complexity index is 1010. The lowest BCUT2D eigenvalue weighted by molar-refractivity contribution is -0.201. The van der Waals surface area contributed by atoms with Gasteiger partial charge >= 0.3 is 11.9 Å². The molecular weight excluding hydrogens is 444 g/mol. The van der Waals surface area contributed by atoms with E-state index in [2.05, 4.69) is 33.8 Å². The van der Waals surface area contributed by atoms with Crippen molar-refractivity contribution in [3.63, 3.8) is 0 Å². The van der Waals surface area contributed by atoms with Crippen LogP contribution in [0.4, 0.5) is 0 Å². The summed E-state index contributed by atoms with van der Waals surface area (Å²) in [7, 11) is 0. The normalized spacial score (nSPS) is 44.0. The van der Waals surface area contributed by atoms with Crippen molar-refractivity contribution in [1.29, 1.82) is 0 Å². The number of hydrogen-bond acceptors (Lipinski definition) is 6. The van der Waals surface area contributed by atoms with E-state index in [9.17, 15) is 19.2 Å². The molecule has 0 radical (unpaired) electrons. The zero-order chi connectivity index (χ0) is 25.9. The van der Waals surface area contributed by atoms with Crippen LogP contribution in [0.25, 0.3) is 0 Å². The molecule has 35 heavy (non-hydrogen) atoms. The molecule has 9 atom stereocenters. The minimum atomic E-state index is -1.32. The van der Waals surface area contributed by atoms with Gasteiger partial charge in [-0.25, -0.2) is 0 Å². The number of allylic oxidation sites excluding steroid dienone is 4. The van der Waals surface area contributed by atoms with Gasteiger partial charge in [0.15, 0.2) is 18.0 Å². The molecule has 0 aromatic heterocycles. The van der Waals surface area contributed by atoms with E-state index >= 15 is 0 Å². The molecule has 6 heteroatoms. The third-order valence-electron chi connectivity index (χ3n) is 10.1. The summed E-state index contributed by atoms with van der Waals surface area (Å²) in [5.41, 5.74) is -0.867. The van der Waals surface area contributed by atoms with Gasteiger partial charge in [-0.1, -0.05) is 53.2 Å². The summed E-state index contributed by atoms with van der Waals surface area (Å²) in [5.74, 6) is -0.0211. The maximum atomic E-state index is 13.8. The van der Waals surface area contributed by atoms with Crippen LogP contribution in [-0.4, -0.2) is 35.7 Å². The van der Waals surface area contributed by atoms with Crippen LogP contribution in [-0.2, 0) is 28.7 Å². The number of rotatable bonds is 5. The minimum Gasteiger partial charge on any atom is -0.458 e. The van der Waals surface area contributed by atoms with E-state index in [1.54, 1.807) is 13.0 Å². The molecule has 0 aromatic carbocycles. The second kappa shape index (κ2) is 8.70. The fraction of sp³-hybridized carbons (Fsp3) is 0.724. The van der Waals surface area contributed by atoms with E-state index in [0.29, 0.717) is 11.8 Å². The molecule has 3 saturated carbocycles. The monoisotopic (exact) mass is 484 g/mol. The van der Waals surface area contributed by atoms with Crippen molar-refractivity contribution in [1.82, 2.24) is 0 Å². The Balaban J connectivity index is 1.80. The zero-order valence-electron chi connectivity index (χ0n) is 22.2. The Kier molecular flexibility index (Phi) is 6.43. The van der Waals surface area contributed by atoms with Crippen LogP contribution in [0.1, 0.15) is 74.1 Å². The van der Waals surface area contributed by atoms with Crippen LogP contribution < -0.4 is 0 Å². The average Bonchev–Trinajstić information content (AvgIpc) is 3.00. The van der Waals surface area contributed by atoms with Crippen molar-refractivity contribution in [2.75, 3.05) is 6.61 Å². The Labute approximate surface area is 208 Å². The highest BCUT2D eigenvalue weighted by molar-refractivity contribution is 6.01. The molecular formula is C29H40O6. The fourth-order valence-electron chi connectivity index (χ4n) is 9.02. The van der Waals surface area contributed by atoms with Gasteiger partial charge in [-0.15, -0.1) is 0 Å². The van der Waals surface area contributed by atoms with Gasteiger partial charge < -0.3 is 9.47 Å². The molecule has 0 N–H and O–H groups in total. The number of ether oxygens (including phenoxy) is 2. The molecule has 4 rings (SSSR count). The first-order chi connectivity index (χ1) is 16.3. The Morgan fingerprint density at radius 3 is 2.43 bits per heavy atom. The molecule has 0 spiro atoms. The number of Topliss-reactive ketones (excluding diaryl/α,β-unsaturated/α-hetero) is 1. The molecule has 3 fully saturated rings. The summed E-state index contributed by atoms with van der Waals surface area (Å²) in [6, 6.07) is 0. The van der Waals surface area contributed by atoms with E-state index in [1.807, 2.05) is 13.0 Å². The lowest BCUT2D eigenvalue weighted by Crippen LogP contribution is -2.63. The second-order valence-electron chi connectivity index (χ2n) is 12.1. The fourth-order valence-corrected chi connectivity index (χ4v) is 9.02. The van der Waals surface area contributed by atoms with Gasteiger partial charge in [-0.05, 0) is 61.0 Å². The van der Waals surface area contributed by atoms with Crippen molar-refractivity contribution in [2.24, 2.45) is 46.3 Å². The number of hydrogen-bond donors (Lipinski definition) is 0. The van der Waals surface area contributed by atoms with Gasteiger partial charge in [0, 0.05) is 30.1 Å². The van der Waals surface area contributed by atoms with E-state index in [0.717, 1.165) is 19.3 Å². The molecule has 0 aliphatic heterocycles. The van der Waals surface area contributed by atoms with Crippen LogP contribution in [0.3, 0.4) is 0 Å². The Morgan fingerprint density at radius 2 is 1.80 bits per heavy atom. The highest BCUT2D eigenvalue weighted by Gasteiger charge is 2.72. The van der Waals surface area contributed by atoms with Crippen molar-refractivity contribution >= 4 is 23.5 Å². The lowest BCUT2D eigenvalue weighted by Gasteiger charge is -2.61. The van der Waals surface area contributed by atoms with Crippen LogP contribution in [0.5, 0.6) is 0 Å². The first kappa shape index (κ1) is 25.8. The van der Waals surface area contributed by atoms with Crippen molar-refractivity contribution < 1.29 is 28.7 Å². The molecule has 0 heterocycles. The smallest absolute Gasteiger partial charge is 0.306 e. The van der Waals surface area contributed by atoms with Gasteiger partial charge in [0.2, 0.25) is 5.78 Å². The predicted octanol–water partition coefficient (Wildman–Crippen LogP) is 4.86. The van der Waals surface area contributed by atoms with Gasteiger partial charge in [-0.3, -0.25) is 19.2 Å². The van der Waals surface area contributed by atoms with Crippen LogP contribution in [0.15, 0.2) is 23.8 Å². The summed E-state index contributed by atoms with van der Waals surface area (Å²) >= 11 is 0. The maximum Gasteiger partial charge on any atom is 0.306 e. The van der Waals surface area contributed by atoms with Crippen molar-refractivity contribution in [3.8, 4) is 0 Å². The van der Waals surface area contributed by atoms with Crippen LogP contribution in [0, 0.1) is 46.3 Å². The number of carbonyl (C=O) groups is 4. The molecule has 4 aliphatic carbocycles. The summed E-state index contributed by atoms with van der Waals surface area (Å²) in [6.45, 7) is 13.5.